The van der Waals surface area contributed by atoms with Gasteiger partial charge in [0.15, 0.2) is 0 Å². The van der Waals surface area contributed by atoms with E-state index < -0.39 is 0 Å². The molecule has 0 aliphatic carbocycles. The summed E-state index contributed by atoms with van der Waals surface area (Å²) in [6.45, 7) is 2.74. The van der Waals surface area contributed by atoms with Crippen molar-refractivity contribution in [1.82, 2.24) is 9.55 Å². The average Bonchev–Trinajstić information content (AvgIpc) is 2.65. The van der Waals surface area contributed by atoms with Crippen LogP contribution in [0.3, 0.4) is 0 Å². The highest BCUT2D eigenvalue weighted by molar-refractivity contribution is 9.09. The van der Waals surface area contributed by atoms with Crippen LogP contribution in [0, 0.1) is 6.92 Å². The summed E-state index contributed by atoms with van der Waals surface area (Å²) in [4.78, 5) is 16.4. The fourth-order valence-electron chi connectivity index (χ4n) is 1.60. The van der Waals surface area contributed by atoms with Crippen molar-refractivity contribution in [2.45, 2.75) is 26.3 Å². The molecule has 0 aliphatic heterocycles. The average molecular weight is 301 g/mol. The van der Waals surface area contributed by atoms with Gasteiger partial charge in [0.25, 0.3) is 5.56 Å². The van der Waals surface area contributed by atoms with E-state index in [0.717, 1.165) is 40.5 Å². The van der Waals surface area contributed by atoms with Gasteiger partial charge in [-0.15, -0.1) is 11.3 Å². The molecular weight excluding hydrogens is 288 g/mol. The van der Waals surface area contributed by atoms with Crippen LogP contribution >= 0.6 is 27.3 Å². The first-order chi connectivity index (χ1) is 7.74. The van der Waals surface area contributed by atoms with Crippen LogP contribution in [0.1, 0.15) is 18.4 Å². The predicted molar refractivity (Wildman–Crippen MR) is 71.6 cm³/mol. The van der Waals surface area contributed by atoms with Crippen molar-refractivity contribution in [2.24, 2.45) is 0 Å². The van der Waals surface area contributed by atoms with Crippen LogP contribution in [0.25, 0.3) is 10.2 Å². The molecule has 3 nitrogen and oxygen atoms in total. The molecule has 2 heterocycles. The lowest BCUT2D eigenvalue weighted by Gasteiger charge is -2.03. The maximum absolute atomic E-state index is 12.1. The molecule has 0 saturated heterocycles. The van der Waals surface area contributed by atoms with Crippen molar-refractivity contribution in [1.29, 1.82) is 0 Å². The minimum atomic E-state index is 0.0951. The molecule has 0 amide bonds. The van der Waals surface area contributed by atoms with Gasteiger partial charge in [-0.1, -0.05) is 15.9 Å². The smallest absolute Gasteiger partial charge is 0.271 e. The molecule has 0 spiro atoms. The summed E-state index contributed by atoms with van der Waals surface area (Å²) in [7, 11) is 0. The fraction of sp³-hybridized carbons (Fsp3) is 0.455. The molecular formula is C11H13BrN2OS. The molecule has 2 rings (SSSR count). The van der Waals surface area contributed by atoms with E-state index >= 15 is 0 Å². The topological polar surface area (TPSA) is 34.9 Å². The van der Waals surface area contributed by atoms with E-state index in [1.54, 1.807) is 10.9 Å². The zero-order valence-corrected chi connectivity index (χ0v) is 11.5. The zero-order chi connectivity index (χ0) is 11.5. The molecule has 5 heteroatoms. The van der Waals surface area contributed by atoms with Crippen molar-refractivity contribution in [2.75, 3.05) is 5.33 Å². The monoisotopic (exact) mass is 300 g/mol. The summed E-state index contributed by atoms with van der Waals surface area (Å²) in [6.07, 6.45) is 3.75. The van der Waals surface area contributed by atoms with Crippen molar-refractivity contribution in [3.05, 3.63) is 27.6 Å². The number of aryl methyl sites for hydroxylation is 2. The second-order valence-corrected chi connectivity index (χ2v) is 5.41. The molecule has 0 atom stereocenters. The molecule has 0 aliphatic rings. The van der Waals surface area contributed by atoms with Gasteiger partial charge in [0.1, 0.15) is 4.70 Å². The number of hydrogen-bond acceptors (Lipinski definition) is 3. The van der Waals surface area contributed by atoms with Crippen molar-refractivity contribution < 1.29 is 0 Å². The number of thiophene rings is 1. The summed E-state index contributed by atoms with van der Waals surface area (Å²) in [5.74, 6) is 0. The number of halogens is 1. The Morgan fingerprint density at radius 1 is 1.50 bits per heavy atom. The quantitative estimate of drug-likeness (QED) is 0.643. The van der Waals surface area contributed by atoms with Gasteiger partial charge in [0, 0.05) is 11.9 Å². The third kappa shape index (κ3) is 2.20. The van der Waals surface area contributed by atoms with Crippen LogP contribution < -0.4 is 5.56 Å². The summed E-state index contributed by atoms with van der Waals surface area (Å²) < 4.78 is 2.49. The number of rotatable bonds is 4. The molecule has 16 heavy (non-hydrogen) atoms. The SMILES string of the molecule is Cc1csc2c(=O)n(CCCCBr)cnc12. The highest BCUT2D eigenvalue weighted by Crippen LogP contribution is 2.19. The van der Waals surface area contributed by atoms with E-state index in [1.807, 2.05) is 12.3 Å². The van der Waals surface area contributed by atoms with E-state index in [2.05, 4.69) is 20.9 Å². The Morgan fingerprint density at radius 2 is 2.31 bits per heavy atom. The first-order valence-corrected chi connectivity index (χ1v) is 7.23. The number of fused-ring (bicyclic) bond motifs is 1. The van der Waals surface area contributed by atoms with Gasteiger partial charge in [0.2, 0.25) is 0 Å². The number of nitrogens with zero attached hydrogens (tertiary/aromatic N) is 2. The Morgan fingerprint density at radius 3 is 3.06 bits per heavy atom. The van der Waals surface area contributed by atoms with E-state index in [4.69, 9.17) is 0 Å². The van der Waals surface area contributed by atoms with Gasteiger partial charge >= 0.3 is 0 Å². The van der Waals surface area contributed by atoms with Crippen LogP contribution in [0.4, 0.5) is 0 Å². The lowest BCUT2D eigenvalue weighted by atomic mass is 10.3. The van der Waals surface area contributed by atoms with Crippen LogP contribution in [0.5, 0.6) is 0 Å². The van der Waals surface area contributed by atoms with Crippen LogP contribution in [0.15, 0.2) is 16.5 Å². The summed E-state index contributed by atoms with van der Waals surface area (Å²) >= 11 is 4.87. The van der Waals surface area contributed by atoms with E-state index in [-0.39, 0.29) is 5.56 Å². The highest BCUT2D eigenvalue weighted by atomic mass is 79.9. The maximum atomic E-state index is 12.1. The molecule has 0 fully saturated rings. The largest absolute Gasteiger partial charge is 0.298 e. The summed E-state index contributed by atoms with van der Waals surface area (Å²) in [5, 5.41) is 2.97. The number of hydrogen-bond donors (Lipinski definition) is 0. The molecule has 0 unspecified atom stereocenters. The zero-order valence-electron chi connectivity index (χ0n) is 9.07. The number of alkyl halides is 1. The third-order valence-electron chi connectivity index (χ3n) is 2.51. The van der Waals surface area contributed by atoms with Crippen LogP contribution in [0.2, 0.25) is 0 Å². The molecule has 0 radical (unpaired) electrons. The highest BCUT2D eigenvalue weighted by Gasteiger charge is 2.07. The molecule has 2 aromatic rings. The van der Waals surface area contributed by atoms with E-state index in [9.17, 15) is 4.79 Å². The van der Waals surface area contributed by atoms with Crippen molar-refractivity contribution in [3.8, 4) is 0 Å². The lowest BCUT2D eigenvalue weighted by Crippen LogP contribution is -2.19. The molecule has 2 aromatic heterocycles. The second kappa shape index (κ2) is 5.10. The van der Waals surface area contributed by atoms with Gasteiger partial charge in [-0.25, -0.2) is 4.98 Å². The van der Waals surface area contributed by atoms with Gasteiger partial charge in [0.05, 0.1) is 11.8 Å². The Balaban J connectivity index is 2.34. The second-order valence-electron chi connectivity index (χ2n) is 3.74. The van der Waals surface area contributed by atoms with Gasteiger partial charge < -0.3 is 0 Å². The third-order valence-corrected chi connectivity index (χ3v) is 4.14. The Labute approximate surface area is 106 Å². The van der Waals surface area contributed by atoms with E-state index in [0.29, 0.717) is 0 Å². The first-order valence-electron chi connectivity index (χ1n) is 5.23. The van der Waals surface area contributed by atoms with Gasteiger partial charge in [-0.3, -0.25) is 9.36 Å². The Hall–Kier alpha value is -0.680. The molecule has 0 N–H and O–H groups in total. The van der Waals surface area contributed by atoms with Gasteiger partial charge in [-0.2, -0.15) is 0 Å². The van der Waals surface area contributed by atoms with Gasteiger partial charge in [-0.05, 0) is 30.7 Å². The minimum Gasteiger partial charge on any atom is -0.298 e. The fourth-order valence-corrected chi connectivity index (χ4v) is 2.94. The normalized spacial score (nSPS) is 11.1. The summed E-state index contributed by atoms with van der Waals surface area (Å²) in [5.41, 5.74) is 2.04. The number of unbranched alkanes of at least 4 members (excludes halogenated alkanes) is 1. The molecule has 86 valence electrons. The van der Waals surface area contributed by atoms with E-state index in [1.165, 1.54) is 11.3 Å². The summed E-state index contributed by atoms with van der Waals surface area (Å²) in [6, 6.07) is 0. The predicted octanol–water partition coefficient (Wildman–Crippen LogP) is 2.94. The minimum absolute atomic E-state index is 0.0951. The Kier molecular flexibility index (Phi) is 3.76. The first kappa shape index (κ1) is 11.8. The van der Waals surface area contributed by atoms with Crippen LogP contribution in [-0.2, 0) is 6.54 Å². The standard InChI is InChI=1S/C11H13BrN2OS/c1-8-6-16-10-9(8)13-7-14(11(10)15)5-3-2-4-12/h6-7H,2-5H2,1H3. The molecule has 0 bridgehead atoms. The lowest BCUT2D eigenvalue weighted by molar-refractivity contribution is 0.612. The maximum Gasteiger partial charge on any atom is 0.271 e. The van der Waals surface area contributed by atoms with Crippen LogP contribution in [-0.4, -0.2) is 14.9 Å². The van der Waals surface area contributed by atoms with Crippen molar-refractivity contribution >= 4 is 37.5 Å². The molecule has 0 aromatic carbocycles. The van der Waals surface area contributed by atoms with Crippen molar-refractivity contribution in [3.63, 3.8) is 0 Å². The number of aromatic nitrogens is 2. The molecule has 0 saturated carbocycles. The Bertz CT molecular complexity index is 546.